The van der Waals surface area contributed by atoms with E-state index >= 15 is 0 Å². The maximum Gasteiger partial charge on any atom is 0.341 e. The van der Waals surface area contributed by atoms with Crippen molar-refractivity contribution < 1.29 is 19.0 Å². The van der Waals surface area contributed by atoms with Crippen LogP contribution in [0.15, 0.2) is 23.2 Å². The van der Waals surface area contributed by atoms with Gasteiger partial charge in [-0.25, -0.2) is 9.79 Å². The second kappa shape index (κ2) is 12.8. The fourth-order valence-corrected chi connectivity index (χ4v) is 1.90. The number of halogens is 1. The molecule has 2 N–H and O–H groups in total. The number of nitrogens with one attached hydrogen (secondary N) is 2. The summed E-state index contributed by atoms with van der Waals surface area (Å²) in [6, 6.07) is 5.30. The Labute approximate surface area is 160 Å². The third kappa shape index (κ3) is 7.35. The molecule has 1 aromatic carbocycles. The Hall–Kier alpha value is -1.55. The summed E-state index contributed by atoms with van der Waals surface area (Å²) in [5.41, 5.74) is 1.33. The predicted octanol–water partition coefficient (Wildman–Crippen LogP) is 1.80. The van der Waals surface area contributed by atoms with Crippen molar-refractivity contribution in [1.29, 1.82) is 0 Å². The third-order valence-corrected chi connectivity index (χ3v) is 3.03. The molecule has 24 heavy (non-hydrogen) atoms. The van der Waals surface area contributed by atoms with E-state index in [-0.39, 0.29) is 24.0 Å². The monoisotopic (exact) mass is 451 g/mol. The van der Waals surface area contributed by atoms with E-state index in [1.807, 2.05) is 13.0 Å². The highest BCUT2D eigenvalue weighted by atomic mass is 127. The van der Waals surface area contributed by atoms with Crippen LogP contribution in [-0.2, 0) is 16.0 Å². The first-order chi connectivity index (χ1) is 11.2. The van der Waals surface area contributed by atoms with Gasteiger partial charge in [-0.05, 0) is 24.6 Å². The van der Waals surface area contributed by atoms with E-state index in [2.05, 4.69) is 15.6 Å². The molecule has 0 amide bonds. The van der Waals surface area contributed by atoms with E-state index in [0.29, 0.717) is 37.0 Å². The van der Waals surface area contributed by atoms with E-state index in [4.69, 9.17) is 14.2 Å². The second-order valence-electron chi connectivity index (χ2n) is 4.64. The smallest absolute Gasteiger partial charge is 0.341 e. The molecule has 0 spiro atoms. The summed E-state index contributed by atoms with van der Waals surface area (Å²) in [7, 11) is 4.51. The average molecular weight is 451 g/mol. The Morgan fingerprint density at radius 2 is 1.96 bits per heavy atom. The first-order valence-electron chi connectivity index (χ1n) is 7.42. The minimum atomic E-state index is -0.425. The lowest BCUT2D eigenvalue weighted by molar-refractivity contribution is 0.0597. The Kier molecular flexibility index (Phi) is 12.0. The lowest BCUT2D eigenvalue weighted by atomic mass is 10.1. The molecule has 0 atom stereocenters. The van der Waals surface area contributed by atoms with Gasteiger partial charge in [-0.1, -0.05) is 6.07 Å². The molecule has 0 aromatic heterocycles. The Morgan fingerprint density at radius 3 is 2.54 bits per heavy atom. The molecule has 8 heteroatoms. The van der Waals surface area contributed by atoms with Gasteiger partial charge < -0.3 is 24.8 Å². The van der Waals surface area contributed by atoms with Crippen LogP contribution in [0.2, 0.25) is 0 Å². The molecule has 0 radical (unpaired) electrons. The number of benzene rings is 1. The number of ether oxygens (including phenoxy) is 3. The van der Waals surface area contributed by atoms with Gasteiger partial charge in [0, 0.05) is 20.2 Å². The van der Waals surface area contributed by atoms with E-state index in [9.17, 15) is 4.79 Å². The van der Waals surface area contributed by atoms with Crippen molar-refractivity contribution in [2.45, 2.75) is 13.5 Å². The highest BCUT2D eigenvalue weighted by Crippen LogP contribution is 2.21. The van der Waals surface area contributed by atoms with Gasteiger partial charge in [-0.3, -0.25) is 0 Å². The van der Waals surface area contributed by atoms with E-state index in [0.717, 1.165) is 12.1 Å². The quantitative estimate of drug-likeness (QED) is 0.206. The summed E-state index contributed by atoms with van der Waals surface area (Å²) in [4.78, 5) is 16.1. The highest BCUT2D eigenvalue weighted by molar-refractivity contribution is 14.0. The lowest BCUT2D eigenvalue weighted by Gasteiger charge is -2.11. The fraction of sp³-hybridized carbons (Fsp3) is 0.500. The number of nitrogens with zero attached hydrogens (tertiary/aromatic N) is 1. The molecule has 0 unspecified atom stereocenters. The third-order valence-electron chi connectivity index (χ3n) is 3.03. The van der Waals surface area contributed by atoms with Crippen LogP contribution in [0, 0.1) is 0 Å². The van der Waals surface area contributed by atoms with Crippen LogP contribution in [0.25, 0.3) is 0 Å². The highest BCUT2D eigenvalue weighted by Gasteiger charge is 2.12. The molecule has 0 saturated carbocycles. The van der Waals surface area contributed by atoms with Crippen LogP contribution in [0.5, 0.6) is 5.75 Å². The Balaban J connectivity index is 0.00000529. The van der Waals surface area contributed by atoms with Crippen LogP contribution in [0.3, 0.4) is 0 Å². The molecular weight excluding hydrogens is 425 g/mol. The number of carbonyl (C=O) groups is 1. The standard InChI is InChI=1S/C16H25N3O4.HI/c1-5-17-16(18-8-9-21-2)19-11-12-6-7-13(15(20)23-4)14(10-12)22-3;/h6-7,10H,5,8-9,11H2,1-4H3,(H2,17,18,19);1H. The maximum absolute atomic E-state index is 11.6. The molecule has 1 rings (SSSR count). The molecule has 0 bridgehead atoms. The van der Waals surface area contributed by atoms with Gasteiger partial charge in [0.15, 0.2) is 5.96 Å². The summed E-state index contributed by atoms with van der Waals surface area (Å²) >= 11 is 0. The fourth-order valence-electron chi connectivity index (χ4n) is 1.90. The van der Waals surface area contributed by atoms with Gasteiger partial charge in [-0.15, -0.1) is 24.0 Å². The largest absolute Gasteiger partial charge is 0.496 e. The van der Waals surface area contributed by atoms with Gasteiger partial charge in [-0.2, -0.15) is 0 Å². The molecule has 136 valence electrons. The zero-order valence-electron chi connectivity index (χ0n) is 14.5. The molecule has 1 aromatic rings. The first-order valence-corrected chi connectivity index (χ1v) is 7.42. The minimum Gasteiger partial charge on any atom is -0.496 e. The summed E-state index contributed by atoms with van der Waals surface area (Å²) in [5.74, 6) is 0.758. The lowest BCUT2D eigenvalue weighted by Crippen LogP contribution is -2.38. The SMILES string of the molecule is CCNC(=NCc1ccc(C(=O)OC)c(OC)c1)NCCOC.I. The maximum atomic E-state index is 11.6. The summed E-state index contributed by atoms with van der Waals surface area (Å²) in [5, 5.41) is 6.32. The molecule has 0 aliphatic carbocycles. The molecule has 0 aliphatic rings. The molecule has 0 saturated heterocycles. The van der Waals surface area contributed by atoms with Crippen LogP contribution in [0.1, 0.15) is 22.8 Å². The van der Waals surface area contributed by atoms with Crippen molar-refractivity contribution in [1.82, 2.24) is 10.6 Å². The number of esters is 1. The number of hydrogen-bond acceptors (Lipinski definition) is 5. The summed E-state index contributed by atoms with van der Waals surface area (Å²) in [6.45, 7) is 4.50. The molecule has 7 nitrogen and oxygen atoms in total. The van der Waals surface area contributed by atoms with Crippen molar-refractivity contribution in [2.24, 2.45) is 4.99 Å². The minimum absolute atomic E-state index is 0. The van der Waals surface area contributed by atoms with E-state index < -0.39 is 5.97 Å². The number of hydrogen-bond donors (Lipinski definition) is 2. The molecule has 0 fully saturated rings. The molecular formula is C16H26IN3O4. The summed E-state index contributed by atoms with van der Waals surface area (Å²) < 4.78 is 15.0. The van der Waals surface area contributed by atoms with Crippen molar-refractivity contribution in [2.75, 3.05) is 41.0 Å². The number of carbonyl (C=O) groups excluding carboxylic acids is 1. The predicted molar refractivity (Wildman–Crippen MR) is 104 cm³/mol. The molecule has 0 heterocycles. The van der Waals surface area contributed by atoms with Gasteiger partial charge in [0.2, 0.25) is 0 Å². The van der Waals surface area contributed by atoms with Crippen molar-refractivity contribution in [3.8, 4) is 5.75 Å². The number of rotatable bonds is 8. The van der Waals surface area contributed by atoms with E-state index in [1.165, 1.54) is 14.2 Å². The van der Waals surface area contributed by atoms with Crippen molar-refractivity contribution >= 4 is 35.9 Å². The van der Waals surface area contributed by atoms with Crippen LogP contribution >= 0.6 is 24.0 Å². The van der Waals surface area contributed by atoms with Gasteiger partial charge in [0.25, 0.3) is 0 Å². The van der Waals surface area contributed by atoms with Crippen molar-refractivity contribution in [3.05, 3.63) is 29.3 Å². The zero-order valence-corrected chi connectivity index (χ0v) is 16.9. The van der Waals surface area contributed by atoms with Gasteiger partial charge in [0.05, 0.1) is 27.4 Å². The van der Waals surface area contributed by atoms with E-state index in [1.54, 1.807) is 19.2 Å². The number of guanidine groups is 1. The van der Waals surface area contributed by atoms with Crippen LogP contribution in [-0.4, -0.2) is 53.0 Å². The molecule has 0 aliphatic heterocycles. The number of methoxy groups -OCH3 is 3. The van der Waals surface area contributed by atoms with Crippen molar-refractivity contribution in [3.63, 3.8) is 0 Å². The topological polar surface area (TPSA) is 81.2 Å². The zero-order chi connectivity index (χ0) is 17.1. The normalized spacial score (nSPS) is 10.6. The Morgan fingerprint density at radius 1 is 1.21 bits per heavy atom. The second-order valence-corrected chi connectivity index (χ2v) is 4.64. The van der Waals surface area contributed by atoms with Crippen LogP contribution in [0.4, 0.5) is 0 Å². The average Bonchev–Trinajstić information content (AvgIpc) is 2.58. The van der Waals surface area contributed by atoms with Gasteiger partial charge in [0.1, 0.15) is 11.3 Å². The Bertz CT molecular complexity index is 538. The van der Waals surface area contributed by atoms with Crippen LogP contribution < -0.4 is 15.4 Å². The number of aliphatic imine (C=N–C) groups is 1. The summed E-state index contributed by atoms with van der Waals surface area (Å²) in [6.07, 6.45) is 0. The first kappa shape index (κ1) is 22.4. The van der Waals surface area contributed by atoms with Gasteiger partial charge >= 0.3 is 5.97 Å².